The summed E-state index contributed by atoms with van der Waals surface area (Å²) in [6.45, 7) is 1.51. The lowest BCUT2D eigenvalue weighted by atomic mass is 9.95. The number of guanidine groups is 1. The first kappa shape index (κ1) is 84.6. The molecule has 13 amide bonds. The van der Waals surface area contributed by atoms with Crippen LogP contribution < -0.4 is 86.2 Å². The molecular weight excluding hydrogens is 1440 g/mol. The molecule has 3 heterocycles. The number of methoxy groups -OCH3 is 1. The number of para-hydroxylation sites is 1. The molecule has 586 valence electrons. The molecule has 3 aliphatic rings. The van der Waals surface area contributed by atoms with Crippen molar-refractivity contribution in [3.63, 3.8) is 0 Å². The number of nitrogens with one attached hydrogen (secondary N) is 13. The number of primary amides is 2. The number of hydrogen-bond donors (Lipinski definition) is 19. The van der Waals surface area contributed by atoms with Gasteiger partial charge in [-0.2, -0.15) is 0 Å². The number of carboxylic acid groups (broad SMARTS) is 1. The number of carboxylic acids is 1. The van der Waals surface area contributed by atoms with Crippen LogP contribution in [0.1, 0.15) is 114 Å². The quantitative estimate of drug-likeness (QED) is 0.0147. The number of likely N-dealkylation sites (tertiary alicyclic amines) is 1. The van der Waals surface area contributed by atoms with Crippen LogP contribution in [0.3, 0.4) is 0 Å². The van der Waals surface area contributed by atoms with E-state index in [1.165, 1.54) is 36.3 Å². The molecule has 11 atom stereocenters. The minimum atomic E-state index is -1.74. The smallest absolute Gasteiger partial charge is 0.303 e. The van der Waals surface area contributed by atoms with Crippen molar-refractivity contribution >= 4 is 121 Å². The number of carbonyl (C=O) groups excluding carboxylic acids is 13. The maximum absolute atomic E-state index is 15.3. The molecule has 108 heavy (non-hydrogen) atoms. The fourth-order valence-corrected chi connectivity index (χ4v) is 15.1. The van der Waals surface area contributed by atoms with Crippen LogP contribution in [0, 0.1) is 11.3 Å². The molecule has 2 aliphatic heterocycles. The summed E-state index contributed by atoms with van der Waals surface area (Å²) in [5.74, 6) is -14.3. The van der Waals surface area contributed by atoms with Gasteiger partial charge >= 0.3 is 5.97 Å². The van der Waals surface area contributed by atoms with E-state index in [0.29, 0.717) is 65.4 Å². The molecular formula is C71H98N18O17S2. The Morgan fingerprint density at radius 1 is 0.685 bits per heavy atom. The van der Waals surface area contributed by atoms with Gasteiger partial charge in [0.15, 0.2) is 5.96 Å². The van der Waals surface area contributed by atoms with E-state index in [2.05, 4.69) is 63.5 Å². The van der Waals surface area contributed by atoms with Gasteiger partial charge in [0.05, 0.1) is 7.11 Å². The number of H-pyrrole nitrogens is 1. The summed E-state index contributed by atoms with van der Waals surface area (Å²) in [4.78, 5) is 203. The predicted molar refractivity (Wildman–Crippen MR) is 399 cm³/mol. The number of fused-ring (bicyclic) bond motifs is 1. The van der Waals surface area contributed by atoms with Crippen LogP contribution in [-0.4, -0.2) is 214 Å². The molecule has 0 radical (unpaired) electrons. The minimum absolute atomic E-state index is 0.0581. The molecule has 0 spiro atoms. The fourth-order valence-electron chi connectivity index (χ4n) is 12.8. The van der Waals surface area contributed by atoms with E-state index in [-0.39, 0.29) is 87.2 Å². The minimum Gasteiger partial charge on any atom is -0.508 e. The van der Waals surface area contributed by atoms with E-state index in [4.69, 9.17) is 33.1 Å². The van der Waals surface area contributed by atoms with Gasteiger partial charge in [-0.05, 0) is 111 Å². The first-order valence-corrected chi connectivity index (χ1v) is 38.2. The highest BCUT2D eigenvalue weighted by Gasteiger charge is 2.41. The summed E-state index contributed by atoms with van der Waals surface area (Å²) in [6, 6.07) is 3.72. The SMILES string of the molecule is COc1ccc(C[C@@H]2NC(=O)[C@H](C3CCCC3)NC(=O)[C@@H](NC(=O)[C@H](Cc3ccc(O)cc3)NC(=O)[C@@H]3CCCN3C(=O)C[C@H](C)N)CSSC[C@H](C(N)=O)NC(=O)[C@H](CCC(=O)O)NC(=O)[C@H](Cc3c[nH]c4ccccc34)NC(=O)[C@H](CCC(N)=O)NC(=O)CCNC(=O)[C@H](CCCNC(=N)N)NC2=O)cc1. The van der Waals surface area contributed by atoms with Gasteiger partial charge in [0.2, 0.25) is 76.8 Å². The number of carbonyl (C=O) groups is 14. The highest BCUT2D eigenvalue weighted by molar-refractivity contribution is 8.76. The van der Waals surface area contributed by atoms with Crippen molar-refractivity contribution in [1.82, 2.24) is 68.4 Å². The Hall–Kier alpha value is -10.7. The Balaban J connectivity index is 1.28. The number of aromatic hydroxyl groups is 1. The van der Waals surface area contributed by atoms with Gasteiger partial charge in [-0.25, -0.2) is 0 Å². The molecule has 3 fully saturated rings. The summed E-state index contributed by atoms with van der Waals surface area (Å²) in [7, 11) is 3.20. The molecule has 35 nitrogen and oxygen atoms in total. The number of amides is 13. The number of benzene rings is 3. The van der Waals surface area contributed by atoms with Crippen molar-refractivity contribution in [2.75, 3.05) is 38.2 Å². The van der Waals surface area contributed by atoms with Gasteiger partial charge in [0.25, 0.3) is 0 Å². The lowest BCUT2D eigenvalue weighted by Crippen LogP contribution is -2.61. The molecule has 1 saturated carbocycles. The van der Waals surface area contributed by atoms with Gasteiger partial charge in [-0.3, -0.25) is 72.5 Å². The van der Waals surface area contributed by atoms with Crippen molar-refractivity contribution in [3.8, 4) is 11.5 Å². The Labute approximate surface area is 630 Å². The fraction of sp³-hybridized carbons (Fsp3) is 0.507. The largest absolute Gasteiger partial charge is 0.508 e. The molecule has 0 bridgehead atoms. The lowest BCUT2D eigenvalue weighted by Gasteiger charge is -2.30. The molecule has 37 heteroatoms. The van der Waals surface area contributed by atoms with Crippen LogP contribution in [0.25, 0.3) is 10.9 Å². The molecule has 1 aromatic heterocycles. The highest BCUT2D eigenvalue weighted by Crippen LogP contribution is 2.30. The van der Waals surface area contributed by atoms with Crippen LogP contribution in [-0.2, 0) is 86.4 Å². The topological polar surface area (TPSA) is 568 Å². The van der Waals surface area contributed by atoms with Crippen molar-refractivity contribution in [3.05, 3.63) is 95.7 Å². The summed E-state index contributed by atoms with van der Waals surface area (Å²) >= 11 is 0. The summed E-state index contributed by atoms with van der Waals surface area (Å²) in [5.41, 5.74) is 25.0. The molecule has 0 unspecified atom stereocenters. The van der Waals surface area contributed by atoms with Crippen LogP contribution in [0.5, 0.6) is 11.5 Å². The first-order valence-electron chi connectivity index (χ1n) is 35.7. The molecule has 7 rings (SSSR count). The third-order valence-corrected chi connectivity index (χ3v) is 20.9. The number of aromatic nitrogens is 1. The summed E-state index contributed by atoms with van der Waals surface area (Å²) < 4.78 is 5.37. The molecule has 2 saturated heterocycles. The van der Waals surface area contributed by atoms with Crippen molar-refractivity contribution in [2.24, 2.45) is 28.9 Å². The maximum Gasteiger partial charge on any atom is 0.303 e. The number of aromatic amines is 1. The Kier molecular flexibility index (Phi) is 32.9. The van der Waals surface area contributed by atoms with Crippen LogP contribution in [0.2, 0.25) is 0 Å². The van der Waals surface area contributed by atoms with Crippen LogP contribution >= 0.6 is 21.6 Å². The zero-order valence-corrected chi connectivity index (χ0v) is 61.7. The number of nitrogens with two attached hydrogens (primary N) is 4. The van der Waals surface area contributed by atoms with Gasteiger partial charge in [-0.1, -0.05) is 76.9 Å². The monoisotopic (exact) mass is 1540 g/mol. The molecule has 3 aromatic carbocycles. The average Bonchev–Trinajstić information content (AvgIpc) is 1.62. The van der Waals surface area contributed by atoms with Crippen molar-refractivity contribution in [1.29, 1.82) is 5.41 Å². The van der Waals surface area contributed by atoms with E-state index < -0.39 is 188 Å². The second kappa shape index (κ2) is 42.0. The van der Waals surface area contributed by atoms with Crippen LogP contribution in [0.4, 0.5) is 0 Å². The van der Waals surface area contributed by atoms with Crippen molar-refractivity contribution in [2.45, 2.75) is 183 Å². The van der Waals surface area contributed by atoms with Crippen molar-refractivity contribution < 1.29 is 82.1 Å². The number of hydrogen-bond acceptors (Lipinski definition) is 20. The second-order valence-corrected chi connectivity index (χ2v) is 29.5. The molecule has 23 N–H and O–H groups in total. The van der Waals surface area contributed by atoms with Gasteiger partial charge in [0, 0.05) is 99.2 Å². The zero-order valence-electron chi connectivity index (χ0n) is 60.1. The van der Waals surface area contributed by atoms with E-state index in [1.54, 1.807) is 61.7 Å². The zero-order chi connectivity index (χ0) is 78.6. The molecule has 4 aromatic rings. The second-order valence-electron chi connectivity index (χ2n) is 26.9. The predicted octanol–water partition coefficient (Wildman–Crippen LogP) is -2.03. The maximum atomic E-state index is 15.3. The normalized spacial score (nSPS) is 22.9. The van der Waals surface area contributed by atoms with Gasteiger partial charge in [-0.15, -0.1) is 0 Å². The number of phenolic OH excluding ortho intramolecular Hbond substituents is 1. The Morgan fingerprint density at radius 3 is 1.95 bits per heavy atom. The van der Waals surface area contributed by atoms with E-state index in [0.717, 1.165) is 21.6 Å². The molecule has 1 aliphatic carbocycles. The standard InChI is InChI=1S/C71H98N18O17S2/c1-38(72)31-58(93)89-30-8-14-55(89)69(104)84-50(32-39-15-19-43(90)20-16-39)66(101)87-54-37-108-107-36-53(61(74)96)86-64(99)49(24-26-59(94)95)82-67(102)52(34-42-35-79-46-12-6-5-11-45(42)46)83-63(98)48(23-25-56(73)91)80-57(92)27-29-77-62(97)47(13-7-28-78-71(75)76)81-65(100)51(33-40-17-21-44(106-2)22-18-40)85-70(105)60(88-68(54)103)41-9-3-4-10-41/h5-6,11-12,15-22,35,38,41,47-55,60,79,90H,3-4,7-10,13-14,23-34,36-37,72H2,1-2H3,(H2,73,91)(H2,74,96)(H,77,97)(H,80,92)(H,81,100)(H,82,102)(H,83,98)(H,84,104)(H,85,105)(H,86,99)(H,87,101)(H,88,103)(H,94,95)(H4,75,76,78)/t38-,47-,48-,49-,50-,51-,52-,53+,54-,55-,60-/m0/s1. The Morgan fingerprint density at radius 2 is 1.30 bits per heavy atom. The average molecular weight is 1540 g/mol. The summed E-state index contributed by atoms with van der Waals surface area (Å²) in [6.07, 6.45) is 0.875. The van der Waals surface area contributed by atoms with E-state index >= 15 is 14.4 Å². The van der Waals surface area contributed by atoms with Crippen LogP contribution in [0.15, 0.2) is 79.0 Å². The Bertz CT molecular complexity index is 3860. The summed E-state index contributed by atoms with van der Waals surface area (Å²) in [5, 5.41) is 57.7. The number of aliphatic carboxylic acids is 1. The number of ether oxygens (including phenoxy) is 1. The van der Waals surface area contributed by atoms with Gasteiger partial charge in [0.1, 0.15) is 71.9 Å². The van der Waals surface area contributed by atoms with E-state index in [1.807, 2.05) is 0 Å². The first-order chi connectivity index (χ1) is 51.5. The third-order valence-electron chi connectivity index (χ3n) is 18.5. The lowest BCUT2D eigenvalue weighted by molar-refractivity contribution is -0.140. The van der Waals surface area contributed by atoms with E-state index in [9.17, 15) is 63.0 Å². The van der Waals surface area contributed by atoms with Gasteiger partial charge < -0.3 is 106 Å². The number of rotatable bonds is 25. The third kappa shape index (κ3) is 26.7. The number of phenols is 1. The number of nitrogens with zero attached hydrogens (tertiary/aromatic N) is 1. The highest BCUT2D eigenvalue weighted by atomic mass is 33.1.